The van der Waals surface area contributed by atoms with Crippen LogP contribution in [0.3, 0.4) is 0 Å². The summed E-state index contributed by atoms with van der Waals surface area (Å²) in [5.74, 6) is 0.628. The van der Waals surface area contributed by atoms with E-state index < -0.39 is 0 Å². The Kier molecular flexibility index (Phi) is 6.77. The van der Waals surface area contributed by atoms with E-state index in [-0.39, 0.29) is 11.9 Å². The smallest absolute Gasteiger partial charge is 0.128 e. The van der Waals surface area contributed by atoms with E-state index in [1.165, 1.54) is 25.3 Å². The van der Waals surface area contributed by atoms with Gasteiger partial charge in [-0.3, -0.25) is 0 Å². The maximum Gasteiger partial charge on any atom is 0.128 e. The van der Waals surface area contributed by atoms with E-state index in [4.69, 9.17) is 10.7 Å². The Labute approximate surface area is 161 Å². The molecule has 0 amide bonds. The molecule has 0 aliphatic rings. The lowest BCUT2D eigenvalue weighted by molar-refractivity contribution is 0.522. The van der Waals surface area contributed by atoms with Crippen LogP contribution in [0, 0.1) is 5.82 Å². The first-order chi connectivity index (χ1) is 13.2. The van der Waals surface area contributed by atoms with Crippen LogP contribution in [0.2, 0.25) is 0 Å². The van der Waals surface area contributed by atoms with Crippen LogP contribution < -0.4 is 5.73 Å². The minimum absolute atomic E-state index is 0.147. The molecule has 0 aliphatic heterocycles. The zero-order valence-corrected chi connectivity index (χ0v) is 15.9. The summed E-state index contributed by atoms with van der Waals surface area (Å²) >= 11 is 0. The van der Waals surface area contributed by atoms with Crippen molar-refractivity contribution < 1.29 is 4.39 Å². The lowest BCUT2D eigenvalue weighted by Gasteiger charge is -2.14. The summed E-state index contributed by atoms with van der Waals surface area (Å²) < 4.78 is 16.2. The number of aromatic nitrogens is 2. The van der Waals surface area contributed by atoms with Crippen molar-refractivity contribution in [2.24, 2.45) is 5.73 Å². The topological polar surface area (TPSA) is 43.8 Å². The first kappa shape index (κ1) is 19.3. The number of nitrogens with zero attached hydrogens (tertiary/aromatic N) is 2. The van der Waals surface area contributed by atoms with Gasteiger partial charge >= 0.3 is 0 Å². The maximum absolute atomic E-state index is 14.2. The quantitative estimate of drug-likeness (QED) is 0.494. The molecule has 0 spiro atoms. The van der Waals surface area contributed by atoms with Gasteiger partial charge in [-0.2, -0.15) is 0 Å². The second-order valence-electron chi connectivity index (χ2n) is 7.03. The number of imidazole rings is 1. The molecule has 0 aliphatic carbocycles. The molecule has 0 bridgehead atoms. The molecule has 0 radical (unpaired) electrons. The minimum atomic E-state index is -0.199. The van der Waals surface area contributed by atoms with Crippen LogP contribution >= 0.6 is 0 Å². The van der Waals surface area contributed by atoms with E-state index in [0.717, 1.165) is 29.9 Å². The summed E-state index contributed by atoms with van der Waals surface area (Å²) in [5.41, 5.74) is 9.06. The molecule has 142 valence electrons. The van der Waals surface area contributed by atoms with Crippen molar-refractivity contribution in [2.45, 2.75) is 51.6 Å². The van der Waals surface area contributed by atoms with E-state index in [9.17, 15) is 4.39 Å². The van der Waals surface area contributed by atoms with Crippen LogP contribution in [0.5, 0.6) is 0 Å². The average Bonchev–Trinajstić information content (AvgIpc) is 3.12. The third-order valence-electron chi connectivity index (χ3n) is 4.88. The van der Waals surface area contributed by atoms with Gasteiger partial charge in [0, 0.05) is 17.3 Å². The Balaban J connectivity index is 1.87. The molecule has 0 fully saturated rings. The Hall–Kier alpha value is -2.46. The van der Waals surface area contributed by atoms with Gasteiger partial charge in [0.2, 0.25) is 0 Å². The number of benzene rings is 2. The van der Waals surface area contributed by atoms with Gasteiger partial charge in [-0.05, 0) is 12.5 Å². The summed E-state index contributed by atoms with van der Waals surface area (Å²) in [5, 5.41) is 0. The molecule has 2 aromatic carbocycles. The lowest BCUT2D eigenvalue weighted by atomic mass is 10.1. The summed E-state index contributed by atoms with van der Waals surface area (Å²) in [4.78, 5) is 4.82. The molecule has 4 heteroatoms. The van der Waals surface area contributed by atoms with Gasteiger partial charge in [-0.15, -0.1) is 0 Å². The van der Waals surface area contributed by atoms with Gasteiger partial charge in [0.15, 0.2) is 0 Å². The number of halogens is 1. The summed E-state index contributed by atoms with van der Waals surface area (Å²) in [6.45, 7) is 2.64. The van der Waals surface area contributed by atoms with Crippen molar-refractivity contribution in [3.05, 3.63) is 78.0 Å². The predicted molar refractivity (Wildman–Crippen MR) is 109 cm³/mol. The molecule has 0 saturated heterocycles. The molecule has 3 rings (SSSR count). The number of rotatable bonds is 9. The zero-order chi connectivity index (χ0) is 19.1. The van der Waals surface area contributed by atoms with Crippen molar-refractivity contribution in [2.75, 3.05) is 0 Å². The van der Waals surface area contributed by atoms with Crippen LogP contribution in [0.25, 0.3) is 11.3 Å². The number of nitrogens with two attached hydrogens (primary N) is 1. The largest absolute Gasteiger partial charge is 0.328 e. The fourth-order valence-electron chi connectivity index (χ4n) is 3.33. The fourth-order valence-corrected chi connectivity index (χ4v) is 3.33. The van der Waals surface area contributed by atoms with Crippen LogP contribution in [-0.2, 0) is 6.54 Å². The number of hydrogen-bond acceptors (Lipinski definition) is 2. The SMILES string of the molecule is CCCCCCC(N)c1nc(-c2ccccc2)cn1Cc1ccccc1F. The van der Waals surface area contributed by atoms with Crippen molar-refractivity contribution in [3.8, 4) is 11.3 Å². The monoisotopic (exact) mass is 365 g/mol. The van der Waals surface area contributed by atoms with E-state index in [1.807, 2.05) is 53.2 Å². The highest BCUT2D eigenvalue weighted by Crippen LogP contribution is 2.25. The first-order valence-electron chi connectivity index (χ1n) is 9.80. The summed E-state index contributed by atoms with van der Waals surface area (Å²) in [6, 6.07) is 16.8. The highest BCUT2D eigenvalue weighted by molar-refractivity contribution is 5.58. The maximum atomic E-state index is 14.2. The van der Waals surface area contributed by atoms with Crippen molar-refractivity contribution in [1.29, 1.82) is 0 Å². The molecular formula is C23H28FN3. The Morgan fingerprint density at radius 3 is 2.48 bits per heavy atom. The van der Waals surface area contributed by atoms with Crippen LogP contribution in [0.15, 0.2) is 60.8 Å². The molecule has 1 aromatic heterocycles. The Morgan fingerprint density at radius 2 is 1.74 bits per heavy atom. The normalized spacial score (nSPS) is 12.3. The molecule has 3 nitrogen and oxygen atoms in total. The second-order valence-corrected chi connectivity index (χ2v) is 7.03. The minimum Gasteiger partial charge on any atom is -0.328 e. The average molecular weight is 365 g/mol. The van der Waals surface area contributed by atoms with Crippen LogP contribution in [-0.4, -0.2) is 9.55 Å². The van der Waals surface area contributed by atoms with Gasteiger partial charge < -0.3 is 10.3 Å². The second kappa shape index (κ2) is 9.47. The van der Waals surface area contributed by atoms with Crippen molar-refractivity contribution >= 4 is 0 Å². The van der Waals surface area contributed by atoms with Gasteiger partial charge in [0.25, 0.3) is 0 Å². The molecule has 1 atom stereocenters. The van der Waals surface area contributed by atoms with E-state index in [2.05, 4.69) is 6.92 Å². The number of unbranched alkanes of at least 4 members (excludes halogenated alkanes) is 3. The molecule has 3 aromatic rings. The number of hydrogen-bond donors (Lipinski definition) is 1. The molecule has 1 unspecified atom stereocenters. The van der Waals surface area contributed by atoms with E-state index >= 15 is 0 Å². The highest BCUT2D eigenvalue weighted by Gasteiger charge is 2.17. The summed E-state index contributed by atoms with van der Waals surface area (Å²) in [6.07, 6.45) is 7.58. The highest BCUT2D eigenvalue weighted by atomic mass is 19.1. The van der Waals surface area contributed by atoms with E-state index in [0.29, 0.717) is 12.1 Å². The van der Waals surface area contributed by atoms with E-state index in [1.54, 1.807) is 6.07 Å². The molecule has 1 heterocycles. The molecule has 0 saturated carbocycles. The van der Waals surface area contributed by atoms with Crippen LogP contribution in [0.1, 0.15) is 56.5 Å². The molecule has 2 N–H and O–H groups in total. The van der Waals surface area contributed by atoms with Gasteiger partial charge in [-0.1, -0.05) is 81.1 Å². The van der Waals surface area contributed by atoms with Crippen molar-refractivity contribution in [1.82, 2.24) is 9.55 Å². The molecule has 27 heavy (non-hydrogen) atoms. The standard InChI is InChI=1S/C23H28FN3/c1-2-3-4-8-15-21(25)23-26-22(18-11-6-5-7-12-18)17-27(23)16-19-13-9-10-14-20(19)24/h5-7,9-14,17,21H,2-4,8,15-16,25H2,1H3. The first-order valence-corrected chi connectivity index (χ1v) is 9.80. The Bertz CT molecular complexity index is 842. The summed E-state index contributed by atoms with van der Waals surface area (Å²) in [7, 11) is 0. The van der Waals surface area contributed by atoms with Gasteiger partial charge in [-0.25, -0.2) is 9.37 Å². The fraction of sp³-hybridized carbons (Fsp3) is 0.348. The third-order valence-corrected chi connectivity index (χ3v) is 4.88. The zero-order valence-electron chi connectivity index (χ0n) is 15.9. The molecular weight excluding hydrogens is 337 g/mol. The van der Waals surface area contributed by atoms with Crippen LogP contribution in [0.4, 0.5) is 4.39 Å². The third kappa shape index (κ3) is 5.04. The lowest BCUT2D eigenvalue weighted by Crippen LogP contribution is -2.17. The Morgan fingerprint density at radius 1 is 1.00 bits per heavy atom. The van der Waals surface area contributed by atoms with Gasteiger partial charge in [0.05, 0.1) is 18.3 Å². The van der Waals surface area contributed by atoms with Gasteiger partial charge in [0.1, 0.15) is 11.6 Å². The predicted octanol–water partition coefficient (Wildman–Crippen LogP) is 5.71. The van der Waals surface area contributed by atoms with Crippen molar-refractivity contribution in [3.63, 3.8) is 0 Å².